The van der Waals surface area contributed by atoms with Crippen molar-refractivity contribution in [1.82, 2.24) is 0 Å². The van der Waals surface area contributed by atoms with Gasteiger partial charge in [0.15, 0.2) is 0 Å². The number of carbonyl (C=O) groups is 1. The molecule has 3 nitrogen and oxygen atoms in total. The van der Waals surface area contributed by atoms with Crippen LogP contribution in [0.5, 0.6) is 0 Å². The van der Waals surface area contributed by atoms with E-state index in [1.165, 1.54) is 0 Å². The summed E-state index contributed by atoms with van der Waals surface area (Å²) in [5, 5.41) is 9.93. The van der Waals surface area contributed by atoms with Gasteiger partial charge in [-0.2, -0.15) is 0 Å². The molecule has 0 aliphatic heterocycles. The molecule has 0 heterocycles. The van der Waals surface area contributed by atoms with Gasteiger partial charge in [-0.15, -0.1) is 0 Å². The number of rotatable bonds is 5. The van der Waals surface area contributed by atoms with Crippen molar-refractivity contribution in [3.8, 4) is 0 Å². The maximum Gasteiger partial charge on any atom is 1.00 e. The van der Waals surface area contributed by atoms with Crippen LogP contribution in [0.2, 0.25) is 0 Å². The van der Waals surface area contributed by atoms with E-state index in [2.05, 4.69) is 13.8 Å². The number of unbranched alkanes of at least 4 members (excludes halogenated alkanes) is 1. The van der Waals surface area contributed by atoms with Gasteiger partial charge >= 0.3 is 59.1 Å². The monoisotopic (exact) mass is 206 g/mol. The molecule has 0 saturated heterocycles. The van der Waals surface area contributed by atoms with Crippen molar-refractivity contribution in [2.75, 3.05) is 0 Å². The van der Waals surface area contributed by atoms with Crippen molar-refractivity contribution in [1.29, 1.82) is 0 Å². The molecule has 0 fully saturated rings. The van der Waals surface area contributed by atoms with E-state index >= 15 is 0 Å². The summed E-state index contributed by atoms with van der Waals surface area (Å²) in [5.74, 6) is -0.245. The predicted molar refractivity (Wildman–Crippen MR) is 40.2 cm³/mol. The molecule has 0 aliphatic carbocycles. The standard InChI is InChI=1S/C8H16O2.2Na.H2O/c1-7(2)5-3-4-6-8(9)10;;;/h7H,3-6H2,1-2H3,(H,9,10);;;1H2/q;2*+1;/p-2. The van der Waals surface area contributed by atoms with Gasteiger partial charge < -0.3 is 15.4 Å². The molecule has 1 N–H and O–H groups in total. The van der Waals surface area contributed by atoms with Crippen LogP contribution in [0.3, 0.4) is 0 Å². The van der Waals surface area contributed by atoms with Crippen LogP contribution in [-0.2, 0) is 4.79 Å². The Labute approximate surface area is 125 Å². The maximum absolute atomic E-state index is 9.93. The van der Waals surface area contributed by atoms with Gasteiger partial charge in [0.05, 0.1) is 0 Å². The van der Waals surface area contributed by atoms with Crippen LogP contribution in [-0.4, -0.2) is 11.4 Å². The molecular weight excluding hydrogens is 190 g/mol. The van der Waals surface area contributed by atoms with E-state index in [0.717, 1.165) is 19.3 Å². The van der Waals surface area contributed by atoms with Crippen molar-refractivity contribution in [3.05, 3.63) is 0 Å². The predicted octanol–water partition coefficient (Wildman–Crippen LogP) is -5.22. The van der Waals surface area contributed by atoms with Crippen LogP contribution in [0.15, 0.2) is 0 Å². The maximum atomic E-state index is 9.93. The van der Waals surface area contributed by atoms with E-state index in [9.17, 15) is 9.90 Å². The molecule has 0 unspecified atom stereocenters. The third-order valence-corrected chi connectivity index (χ3v) is 1.41. The van der Waals surface area contributed by atoms with E-state index in [1.807, 2.05) is 0 Å². The van der Waals surface area contributed by atoms with Gasteiger partial charge in [-0.25, -0.2) is 0 Å². The summed E-state index contributed by atoms with van der Waals surface area (Å²) >= 11 is 0. The van der Waals surface area contributed by atoms with Crippen LogP contribution in [0.4, 0.5) is 0 Å². The number of hydrogen-bond donors (Lipinski definition) is 0. The van der Waals surface area contributed by atoms with E-state index in [4.69, 9.17) is 0 Å². The second-order valence-electron chi connectivity index (χ2n) is 3.01. The van der Waals surface area contributed by atoms with Crippen LogP contribution < -0.4 is 64.2 Å². The zero-order chi connectivity index (χ0) is 7.98. The van der Waals surface area contributed by atoms with Crippen molar-refractivity contribution in [2.45, 2.75) is 39.5 Å². The molecule has 68 valence electrons. The van der Waals surface area contributed by atoms with E-state index < -0.39 is 5.97 Å². The SMILES string of the molecule is CC(C)CCCCC(=O)[O-].[Na+].[Na+].[OH-]. The molecule has 0 aromatic rings. The van der Waals surface area contributed by atoms with Crippen molar-refractivity contribution in [2.24, 2.45) is 5.92 Å². The average Bonchev–Trinajstić information content (AvgIpc) is 1.79. The first-order valence-corrected chi connectivity index (χ1v) is 3.82. The third kappa shape index (κ3) is 24.7. The summed E-state index contributed by atoms with van der Waals surface area (Å²) in [7, 11) is 0. The molecule has 0 saturated carbocycles. The normalized spacial score (nSPS) is 7.92. The van der Waals surface area contributed by atoms with Crippen molar-refractivity contribution < 1.29 is 74.5 Å². The quantitative estimate of drug-likeness (QED) is 0.333. The minimum atomic E-state index is -0.927. The molecule has 13 heavy (non-hydrogen) atoms. The Morgan fingerprint density at radius 3 is 2.00 bits per heavy atom. The fourth-order valence-corrected chi connectivity index (χ4v) is 0.822. The van der Waals surface area contributed by atoms with Crippen LogP contribution in [0.1, 0.15) is 39.5 Å². The summed E-state index contributed by atoms with van der Waals surface area (Å²) in [6, 6.07) is 0. The fourth-order valence-electron chi connectivity index (χ4n) is 0.822. The minimum absolute atomic E-state index is 0. The molecule has 0 radical (unpaired) electrons. The number of carboxylic acid groups (broad SMARTS) is 1. The Balaban J connectivity index is -0.000000135. The average molecular weight is 206 g/mol. The van der Waals surface area contributed by atoms with Gasteiger partial charge in [0, 0.05) is 5.97 Å². The summed E-state index contributed by atoms with van der Waals surface area (Å²) in [6.07, 6.45) is 3.10. The second kappa shape index (κ2) is 15.9. The first-order valence-electron chi connectivity index (χ1n) is 3.82. The smallest absolute Gasteiger partial charge is 0.870 e. The molecule has 0 rings (SSSR count). The molecule has 0 aliphatic rings. The number of carboxylic acids is 1. The van der Waals surface area contributed by atoms with Gasteiger partial charge in [0.2, 0.25) is 0 Å². The number of hydrogen-bond acceptors (Lipinski definition) is 3. The Bertz CT molecular complexity index is 108. The van der Waals surface area contributed by atoms with Gasteiger partial charge in [-0.05, 0) is 18.8 Å². The molecule has 0 aromatic carbocycles. The molecule has 0 aromatic heterocycles. The van der Waals surface area contributed by atoms with Gasteiger partial charge in [0.1, 0.15) is 0 Å². The van der Waals surface area contributed by atoms with Crippen LogP contribution >= 0.6 is 0 Å². The summed E-state index contributed by atoms with van der Waals surface area (Å²) in [4.78, 5) is 9.93. The zero-order valence-corrected chi connectivity index (χ0v) is 13.2. The largest absolute Gasteiger partial charge is 1.00 e. The first-order chi connectivity index (χ1) is 4.63. The molecule has 0 amide bonds. The second-order valence-corrected chi connectivity index (χ2v) is 3.01. The van der Waals surface area contributed by atoms with Crippen molar-refractivity contribution >= 4 is 5.97 Å². The topological polar surface area (TPSA) is 70.1 Å². The Kier molecular flexibility index (Phi) is 29.2. The molecule has 0 bridgehead atoms. The zero-order valence-electron chi connectivity index (χ0n) is 9.17. The summed E-state index contributed by atoms with van der Waals surface area (Å²) in [6.45, 7) is 4.28. The Hall–Kier alpha value is 1.43. The third-order valence-electron chi connectivity index (χ3n) is 1.41. The summed E-state index contributed by atoms with van der Waals surface area (Å²) in [5.41, 5.74) is 0. The number of carbonyl (C=O) groups excluding carboxylic acids is 1. The first kappa shape index (κ1) is 23.9. The van der Waals surface area contributed by atoms with Gasteiger partial charge in [-0.1, -0.05) is 26.7 Å². The van der Waals surface area contributed by atoms with E-state index in [1.54, 1.807) is 0 Å². The van der Waals surface area contributed by atoms with Crippen molar-refractivity contribution in [3.63, 3.8) is 0 Å². The van der Waals surface area contributed by atoms with Gasteiger partial charge in [-0.3, -0.25) is 0 Å². The molecule has 0 spiro atoms. The Morgan fingerprint density at radius 1 is 1.23 bits per heavy atom. The van der Waals surface area contributed by atoms with Crippen LogP contribution in [0.25, 0.3) is 0 Å². The molecular formula is C8H16Na2O3. The fraction of sp³-hybridized carbons (Fsp3) is 0.875. The molecule has 5 heteroatoms. The van der Waals surface area contributed by atoms with E-state index in [0.29, 0.717) is 5.92 Å². The van der Waals surface area contributed by atoms with E-state index in [-0.39, 0.29) is 71.0 Å². The van der Waals surface area contributed by atoms with Crippen LogP contribution in [0, 0.1) is 5.92 Å². The minimum Gasteiger partial charge on any atom is -0.870 e. The van der Waals surface area contributed by atoms with Gasteiger partial charge in [0.25, 0.3) is 0 Å². The number of aliphatic carboxylic acids is 1. The Morgan fingerprint density at radius 2 is 1.69 bits per heavy atom. The summed E-state index contributed by atoms with van der Waals surface area (Å²) < 4.78 is 0. The molecule has 0 atom stereocenters.